The molecule has 1 aliphatic rings. The average Bonchev–Trinajstić information content (AvgIpc) is 2.03. The summed E-state index contributed by atoms with van der Waals surface area (Å²) in [5.74, 6) is 2.42. The summed E-state index contributed by atoms with van der Waals surface area (Å²) in [6.45, 7) is 3.52. The molecule has 0 bridgehead atoms. The quantitative estimate of drug-likeness (QED) is 0.519. The first-order valence-corrected chi connectivity index (χ1v) is 4.05. The second-order valence-corrected chi connectivity index (χ2v) is 2.83. The van der Waals surface area contributed by atoms with E-state index in [1.165, 1.54) is 32.4 Å². The molecule has 0 spiro atoms. The first-order valence-electron chi connectivity index (χ1n) is 4.05. The molecule has 0 N–H and O–H groups in total. The maximum Gasteiger partial charge on any atom is 0.0227 e. The van der Waals surface area contributed by atoms with Crippen molar-refractivity contribution >= 4 is 0 Å². The predicted molar refractivity (Wildman–Crippen MR) is 42.0 cm³/mol. The molecule has 0 aromatic heterocycles. The molecule has 1 nitrogen and oxygen atoms in total. The lowest BCUT2D eigenvalue weighted by Gasteiger charge is -2.25. The first-order chi connectivity index (χ1) is 4.93. The van der Waals surface area contributed by atoms with Crippen molar-refractivity contribution in [2.45, 2.75) is 25.7 Å². The fourth-order valence-corrected chi connectivity index (χ4v) is 1.40. The molecule has 1 fully saturated rings. The highest BCUT2D eigenvalue weighted by Crippen LogP contribution is 2.07. The molecule has 0 unspecified atom stereocenters. The van der Waals surface area contributed by atoms with Crippen LogP contribution in [0.25, 0.3) is 0 Å². The molecule has 1 saturated heterocycles. The second-order valence-electron chi connectivity index (χ2n) is 2.83. The third kappa shape index (κ3) is 2.41. The van der Waals surface area contributed by atoms with Crippen molar-refractivity contribution in [3.05, 3.63) is 6.42 Å². The minimum Gasteiger partial charge on any atom is -0.302 e. The van der Waals surface area contributed by atoms with Crippen molar-refractivity contribution in [1.29, 1.82) is 0 Å². The molecule has 0 atom stereocenters. The molecule has 0 saturated carbocycles. The average molecular weight is 136 g/mol. The van der Waals surface area contributed by atoms with Crippen LogP contribution < -0.4 is 0 Å². The standard InChI is InChI=1S/C9H14N/c1-2-3-7-10-8-5-4-6-9-10/h3-9H2. The molecule has 0 amide bonds. The Balaban J connectivity index is 2.09. The molecule has 1 heterocycles. The van der Waals surface area contributed by atoms with Gasteiger partial charge in [-0.1, -0.05) is 12.3 Å². The molecule has 1 aliphatic heterocycles. The van der Waals surface area contributed by atoms with Gasteiger partial charge >= 0.3 is 0 Å². The van der Waals surface area contributed by atoms with E-state index in [4.69, 9.17) is 6.42 Å². The highest BCUT2D eigenvalue weighted by Gasteiger charge is 2.07. The smallest absolute Gasteiger partial charge is 0.0227 e. The highest BCUT2D eigenvalue weighted by atomic mass is 15.1. The summed E-state index contributed by atoms with van der Waals surface area (Å²) < 4.78 is 0. The van der Waals surface area contributed by atoms with Crippen molar-refractivity contribution in [2.24, 2.45) is 0 Å². The summed E-state index contributed by atoms with van der Waals surface area (Å²) >= 11 is 0. The van der Waals surface area contributed by atoms with E-state index in [9.17, 15) is 0 Å². The fourth-order valence-electron chi connectivity index (χ4n) is 1.40. The Hall–Kier alpha value is -0.480. The summed E-state index contributed by atoms with van der Waals surface area (Å²) in [6, 6.07) is 0. The highest BCUT2D eigenvalue weighted by molar-refractivity contribution is 4.78. The summed E-state index contributed by atoms with van der Waals surface area (Å²) in [7, 11) is 0. The minimum absolute atomic E-state index is 0.806. The van der Waals surface area contributed by atoms with Crippen LogP contribution in [0.5, 0.6) is 0 Å². The summed E-state index contributed by atoms with van der Waals surface area (Å²) in [6.07, 6.45) is 11.6. The molecule has 1 heteroatoms. The number of hydrogen-bond acceptors (Lipinski definition) is 1. The van der Waals surface area contributed by atoms with Crippen molar-refractivity contribution in [3.8, 4) is 5.92 Å². The molecule has 55 valence electrons. The van der Waals surface area contributed by atoms with E-state index in [1.54, 1.807) is 0 Å². The fraction of sp³-hybridized carbons (Fsp3) is 0.778. The predicted octanol–water partition coefficient (Wildman–Crippen LogP) is 1.45. The summed E-state index contributed by atoms with van der Waals surface area (Å²) in [5, 5.41) is 0. The molecule has 0 aromatic rings. The number of nitrogens with zero attached hydrogens (tertiary/aromatic N) is 1. The second kappa shape index (κ2) is 4.35. The Kier molecular flexibility index (Phi) is 3.32. The van der Waals surface area contributed by atoms with E-state index < -0.39 is 0 Å². The van der Waals surface area contributed by atoms with Crippen LogP contribution in [-0.4, -0.2) is 24.5 Å². The van der Waals surface area contributed by atoms with Gasteiger partial charge in [-0.25, -0.2) is 0 Å². The monoisotopic (exact) mass is 136 g/mol. The van der Waals surface area contributed by atoms with Gasteiger partial charge in [-0.2, -0.15) is 0 Å². The van der Waals surface area contributed by atoms with Crippen LogP contribution in [0, 0.1) is 12.3 Å². The Bertz CT molecular complexity index is 117. The van der Waals surface area contributed by atoms with Crippen LogP contribution in [0.3, 0.4) is 0 Å². The van der Waals surface area contributed by atoms with Crippen molar-refractivity contribution < 1.29 is 0 Å². The van der Waals surface area contributed by atoms with Crippen LogP contribution in [0.1, 0.15) is 25.7 Å². The molecule has 10 heavy (non-hydrogen) atoms. The zero-order valence-corrected chi connectivity index (χ0v) is 6.40. The van der Waals surface area contributed by atoms with E-state index in [1.807, 2.05) is 0 Å². The van der Waals surface area contributed by atoms with Gasteiger partial charge in [0.15, 0.2) is 0 Å². The molecule has 1 rings (SSSR count). The lowest BCUT2D eigenvalue weighted by atomic mass is 10.1. The lowest BCUT2D eigenvalue weighted by molar-refractivity contribution is 0.234. The van der Waals surface area contributed by atoms with Crippen LogP contribution in [0.15, 0.2) is 0 Å². The van der Waals surface area contributed by atoms with E-state index in [-0.39, 0.29) is 0 Å². The Labute approximate surface area is 63.4 Å². The maximum atomic E-state index is 6.74. The van der Waals surface area contributed by atoms with Gasteiger partial charge in [-0.15, -0.1) is 0 Å². The SMILES string of the molecule is [C]#CCCN1CCCCC1. The van der Waals surface area contributed by atoms with E-state index in [0.717, 1.165) is 13.0 Å². The van der Waals surface area contributed by atoms with Crippen molar-refractivity contribution in [2.75, 3.05) is 19.6 Å². The normalized spacial score (nSPS) is 20.3. The van der Waals surface area contributed by atoms with Gasteiger partial charge in [-0.05, 0) is 32.4 Å². The molecular formula is C9H14N. The largest absolute Gasteiger partial charge is 0.302 e. The Morgan fingerprint density at radius 1 is 1.20 bits per heavy atom. The van der Waals surface area contributed by atoms with Gasteiger partial charge in [-0.3, -0.25) is 0 Å². The van der Waals surface area contributed by atoms with Gasteiger partial charge in [0, 0.05) is 13.0 Å². The van der Waals surface area contributed by atoms with E-state index >= 15 is 0 Å². The molecular weight excluding hydrogens is 122 g/mol. The van der Waals surface area contributed by atoms with Crippen LogP contribution in [0.2, 0.25) is 0 Å². The van der Waals surface area contributed by atoms with Crippen LogP contribution >= 0.6 is 0 Å². The minimum atomic E-state index is 0.806. The molecule has 0 aromatic carbocycles. The Morgan fingerprint density at radius 2 is 1.90 bits per heavy atom. The van der Waals surface area contributed by atoms with Gasteiger partial charge in [0.2, 0.25) is 0 Å². The first kappa shape index (κ1) is 7.63. The van der Waals surface area contributed by atoms with Crippen LogP contribution in [-0.2, 0) is 0 Å². The number of rotatable bonds is 2. The van der Waals surface area contributed by atoms with Gasteiger partial charge in [0.25, 0.3) is 0 Å². The zero-order chi connectivity index (χ0) is 7.23. The van der Waals surface area contributed by atoms with Crippen molar-refractivity contribution in [1.82, 2.24) is 4.90 Å². The number of likely N-dealkylation sites (tertiary alicyclic amines) is 1. The number of piperidine rings is 1. The third-order valence-corrected chi connectivity index (χ3v) is 2.00. The van der Waals surface area contributed by atoms with E-state index in [2.05, 4.69) is 10.8 Å². The third-order valence-electron chi connectivity index (χ3n) is 2.00. The Morgan fingerprint density at radius 3 is 2.50 bits per heavy atom. The van der Waals surface area contributed by atoms with Crippen molar-refractivity contribution in [3.63, 3.8) is 0 Å². The molecule has 0 aliphatic carbocycles. The topological polar surface area (TPSA) is 3.24 Å². The molecule has 1 radical (unpaired) electrons. The van der Waals surface area contributed by atoms with E-state index in [0.29, 0.717) is 0 Å². The summed E-state index contributed by atoms with van der Waals surface area (Å²) in [5.41, 5.74) is 0. The lowest BCUT2D eigenvalue weighted by Crippen LogP contribution is -2.30. The zero-order valence-electron chi connectivity index (χ0n) is 6.40. The van der Waals surface area contributed by atoms with Gasteiger partial charge in [0.1, 0.15) is 0 Å². The summed E-state index contributed by atoms with van der Waals surface area (Å²) in [4.78, 5) is 2.42. The number of hydrogen-bond donors (Lipinski definition) is 0. The maximum absolute atomic E-state index is 6.74. The van der Waals surface area contributed by atoms with Gasteiger partial charge < -0.3 is 4.90 Å². The van der Waals surface area contributed by atoms with Gasteiger partial charge in [0.05, 0.1) is 0 Å². The van der Waals surface area contributed by atoms with Crippen LogP contribution in [0.4, 0.5) is 0 Å².